The zero-order chi connectivity index (χ0) is 85.6. The van der Waals surface area contributed by atoms with E-state index in [0.717, 1.165) is 114 Å². The molecule has 6 N–H and O–H groups in total. The Labute approximate surface area is 709 Å². The molecule has 9 amide bonds. The first kappa shape index (κ1) is 84.2. The Hall–Kier alpha value is -12.4. The molecule has 0 spiro atoms. The Balaban J connectivity index is 0.000000121. The van der Waals surface area contributed by atoms with Gasteiger partial charge in [-0.1, -0.05) is 31.2 Å². The summed E-state index contributed by atoms with van der Waals surface area (Å²) in [4.78, 5) is 154. The van der Waals surface area contributed by atoms with Crippen molar-refractivity contribution < 1.29 is 66.1 Å². The number of methoxy groups -OCH3 is 2. The highest BCUT2D eigenvalue weighted by Crippen LogP contribution is 2.47. The molecule has 3 aliphatic carbocycles. The molecule has 644 valence electrons. The molecule has 8 aliphatic heterocycles. The van der Waals surface area contributed by atoms with Crippen LogP contribution in [0.2, 0.25) is 0 Å². The van der Waals surface area contributed by atoms with Gasteiger partial charge in [0.25, 0.3) is 5.91 Å². The number of nitrogens with zero attached hydrogens (tertiary/aromatic N) is 16. The lowest BCUT2D eigenvalue weighted by atomic mass is 9.96. The third-order valence-electron chi connectivity index (χ3n) is 24.7. The van der Waals surface area contributed by atoms with Gasteiger partial charge in [-0.2, -0.15) is 13.2 Å². The molecule has 8 aromatic rings. The summed E-state index contributed by atoms with van der Waals surface area (Å²) in [6.07, 6.45) is 12.9. The topological polar surface area (TPSA) is 364 Å². The number of ether oxygens (including phenoxy) is 2. The van der Waals surface area contributed by atoms with Crippen LogP contribution < -0.4 is 65.8 Å². The predicted octanol–water partition coefficient (Wildman–Crippen LogP) is 12.6. The first-order valence-corrected chi connectivity index (χ1v) is 42.3. The van der Waals surface area contributed by atoms with Crippen molar-refractivity contribution in [2.45, 2.75) is 133 Å². The van der Waals surface area contributed by atoms with E-state index in [2.05, 4.69) is 65.9 Å². The number of pyridine rings is 8. The number of hydrogen-bond donors (Lipinski definition) is 6. The van der Waals surface area contributed by atoms with Crippen LogP contribution in [0.1, 0.15) is 139 Å². The monoisotopic (exact) mass is 1680 g/mol. The first-order chi connectivity index (χ1) is 59.7. The maximum absolute atomic E-state index is 13.2. The maximum Gasteiger partial charge on any atom is 0.408 e. The molecule has 3 saturated carbocycles. The number of ketones is 3. The SMILES string of the molecule is CC[C@@H](NC(=O)c1ccc2c(n1)N(C(=O)Nc1ccccn1)[C@H]1CCN2C1)C(F)(F)F.COC[C@H](CC(=O)c1ccc2c(n1)N(C(=O)Nc1ccccn1)[C@H]1CCN2C1)C1CC1.COC[C@H](CC(=O)c1ccc2c(n1)N(C(=O)Nc1ccccn1)[C@H]1CCN2C1)C1CC1.O=C(C[C@@H](CO)C1CC1)c1ccc2c(n1)N(C(=O)Nc1ccccn1)[C@H]1CCN2C1. The number of urea groups is 4. The van der Waals surface area contributed by atoms with Crippen molar-refractivity contribution in [1.82, 2.24) is 45.2 Å². The third kappa shape index (κ3) is 19.3. The van der Waals surface area contributed by atoms with Gasteiger partial charge in [-0.25, -0.2) is 59.0 Å². The van der Waals surface area contributed by atoms with Gasteiger partial charge < -0.3 is 39.5 Å². The van der Waals surface area contributed by atoms with Crippen molar-refractivity contribution >= 4 is 117 Å². The number of nitrogens with one attached hydrogen (secondary N) is 5. The number of hydrogen-bond acceptors (Lipinski definition) is 23. The molecule has 0 unspecified atom stereocenters. The van der Waals surface area contributed by atoms with Crippen molar-refractivity contribution in [2.75, 3.05) is 147 Å². The molecular formula is C88H100F3N21O11. The Kier molecular flexibility index (Phi) is 25.4. The van der Waals surface area contributed by atoms with Crippen molar-refractivity contribution in [3.05, 3.63) is 169 Å². The number of fused-ring (bicyclic) bond motifs is 16. The van der Waals surface area contributed by atoms with E-state index in [-0.39, 0.29) is 102 Å². The summed E-state index contributed by atoms with van der Waals surface area (Å²) >= 11 is 0. The van der Waals surface area contributed by atoms with Gasteiger partial charge in [-0.3, -0.25) is 60.0 Å². The minimum absolute atomic E-state index is 0.00109. The summed E-state index contributed by atoms with van der Waals surface area (Å²) in [6.45, 7) is 8.78. The van der Waals surface area contributed by atoms with Crippen molar-refractivity contribution in [2.24, 2.45) is 35.5 Å². The molecule has 4 saturated heterocycles. The molecule has 7 fully saturated rings. The van der Waals surface area contributed by atoms with E-state index >= 15 is 0 Å². The molecule has 8 bridgehead atoms. The van der Waals surface area contributed by atoms with Gasteiger partial charge in [0.05, 0.1) is 46.9 Å². The highest BCUT2D eigenvalue weighted by molar-refractivity contribution is 6.09. The van der Waals surface area contributed by atoms with Crippen LogP contribution in [0.3, 0.4) is 0 Å². The zero-order valence-electron chi connectivity index (χ0n) is 68.7. The molecular weight excluding hydrogens is 1580 g/mol. The number of alkyl halides is 3. The zero-order valence-corrected chi connectivity index (χ0v) is 68.7. The summed E-state index contributed by atoms with van der Waals surface area (Å²) in [6, 6.07) is 32.0. The fourth-order valence-corrected chi connectivity index (χ4v) is 17.8. The van der Waals surface area contributed by atoms with E-state index in [9.17, 15) is 56.6 Å². The molecule has 8 aromatic heterocycles. The van der Waals surface area contributed by atoms with Gasteiger partial charge in [0, 0.05) is 130 Å². The quantitative estimate of drug-likeness (QED) is 0.0306. The second-order valence-corrected chi connectivity index (χ2v) is 33.0. The smallest absolute Gasteiger partial charge is 0.396 e. The van der Waals surface area contributed by atoms with Crippen molar-refractivity contribution in [3.63, 3.8) is 0 Å². The largest absolute Gasteiger partial charge is 0.408 e. The molecule has 19 rings (SSSR count). The summed E-state index contributed by atoms with van der Waals surface area (Å²) in [5, 5.41) is 22.9. The lowest BCUT2D eigenvalue weighted by Gasteiger charge is -2.35. The maximum atomic E-state index is 13.2. The summed E-state index contributed by atoms with van der Waals surface area (Å²) < 4.78 is 49.8. The Morgan fingerprint density at radius 3 is 0.951 bits per heavy atom. The van der Waals surface area contributed by atoms with Crippen LogP contribution in [0, 0.1) is 35.5 Å². The standard InChI is InChI=1S/2C23H27N5O3.C22H25N5O3.C20H21F3N6O2/c2*1-31-14-16(15-5-6-15)12-20(29)18-7-8-19-22(25-18)28(17-9-11-27(19)13-17)23(30)26-21-4-2-3-10-24-21;28-13-15(14-4-5-14)11-19(29)17-6-7-18-21(24-17)27(16-8-10-26(18)12-16)22(30)25-20-3-1-2-9-23-20;1-2-15(20(21,22)23)26-18(30)13-6-7-14-17(25-13)29(12-8-10-28(14)11-12)19(31)27-16-5-3-4-9-24-16/h2*2-4,7-8,10,15-17H,5-6,9,11-14H2,1H3,(H,24,26,30);1-3,6-7,9,14-16,28H,4-5,8,10-13H2,(H,23,25,30);3-7,9,12,15H,2,8,10-11H2,1H3,(H,26,30)(H,24,27,31)/t2*16-,17-;15-,16-;12-,15+/m0000/s1. The summed E-state index contributed by atoms with van der Waals surface area (Å²) in [5.74, 6) is 4.77. The van der Waals surface area contributed by atoms with Crippen molar-refractivity contribution in [3.8, 4) is 0 Å². The molecule has 35 heteroatoms. The number of carbonyl (C=O) groups is 8. The normalized spacial score (nSPS) is 19.9. The van der Waals surface area contributed by atoms with E-state index in [1.807, 2.05) is 46.6 Å². The van der Waals surface area contributed by atoms with E-state index in [1.165, 1.54) is 17.9 Å². The van der Waals surface area contributed by atoms with Crippen LogP contribution in [0.25, 0.3) is 0 Å². The van der Waals surface area contributed by atoms with Gasteiger partial charge >= 0.3 is 30.3 Å². The summed E-state index contributed by atoms with van der Waals surface area (Å²) in [5.41, 5.74) is 4.33. The molecule has 32 nitrogen and oxygen atoms in total. The van der Waals surface area contributed by atoms with E-state index in [4.69, 9.17) is 19.4 Å². The minimum Gasteiger partial charge on any atom is -0.396 e. The summed E-state index contributed by atoms with van der Waals surface area (Å²) in [7, 11) is 3.36. The molecule has 11 aliphatic rings. The number of aromatic nitrogens is 8. The lowest BCUT2D eigenvalue weighted by molar-refractivity contribution is -0.153. The number of anilines is 12. The van der Waals surface area contributed by atoms with Gasteiger partial charge in [0.1, 0.15) is 52.1 Å². The first-order valence-electron chi connectivity index (χ1n) is 42.3. The predicted molar refractivity (Wildman–Crippen MR) is 456 cm³/mol. The highest BCUT2D eigenvalue weighted by Gasteiger charge is 2.47. The number of carbonyl (C=O) groups excluding carboxylic acids is 8. The van der Waals surface area contributed by atoms with Crippen LogP contribution >= 0.6 is 0 Å². The number of halogens is 3. The average molecular weight is 1680 g/mol. The fraction of sp³-hybridized carbons (Fsp3) is 0.455. The molecule has 0 aromatic carbocycles. The lowest BCUT2D eigenvalue weighted by Crippen LogP contribution is -2.49. The molecule has 16 heterocycles. The van der Waals surface area contributed by atoms with Crippen LogP contribution in [0.4, 0.5) is 102 Å². The average Bonchev–Trinajstić information content (AvgIpc) is 1.75. The van der Waals surface area contributed by atoms with Crippen molar-refractivity contribution in [1.29, 1.82) is 0 Å². The van der Waals surface area contributed by atoms with Crippen LogP contribution in [-0.4, -0.2) is 215 Å². The van der Waals surface area contributed by atoms with E-state index < -0.39 is 24.2 Å². The Morgan fingerprint density at radius 1 is 0.407 bits per heavy atom. The number of aliphatic hydroxyl groups excluding tert-OH is 1. The second kappa shape index (κ2) is 37.1. The Morgan fingerprint density at radius 2 is 0.691 bits per heavy atom. The fourth-order valence-electron chi connectivity index (χ4n) is 17.8. The third-order valence-corrected chi connectivity index (χ3v) is 24.7. The Bertz CT molecular complexity index is 5020. The molecule has 8 atom stereocenters. The number of aliphatic hydroxyl groups is 1. The van der Waals surface area contributed by atoms with Crippen LogP contribution in [-0.2, 0) is 9.47 Å². The van der Waals surface area contributed by atoms with Gasteiger partial charge in [-0.15, -0.1) is 0 Å². The number of Topliss-reactive ketones (excluding diaryl/α,β-unsaturated/α-hetero) is 3. The van der Waals surface area contributed by atoms with Gasteiger partial charge in [0.2, 0.25) is 0 Å². The van der Waals surface area contributed by atoms with Crippen LogP contribution in [0.5, 0.6) is 0 Å². The van der Waals surface area contributed by atoms with Crippen LogP contribution in [0.15, 0.2) is 146 Å². The number of rotatable bonds is 24. The highest BCUT2D eigenvalue weighted by atomic mass is 19.4. The second-order valence-electron chi connectivity index (χ2n) is 33.0. The minimum atomic E-state index is -4.56. The molecule has 123 heavy (non-hydrogen) atoms. The molecule has 0 radical (unpaired) electrons. The van der Waals surface area contributed by atoms with E-state index in [1.54, 1.807) is 133 Å². The number of amides is 9. The van der Waals surface area contributed by atoms with E-state index in [0.29, 0.717) is 133 Å². The van der Waals surface area contributed by atoms with Gasteiger partial charge in [0.15, 0.2) is 40.6 Å². The van der Waals surface area contributed by atoms with Gasteiger partial charge in [-0.05, 0) is 203 Å².